The van der Waals surface area contributed by atoms with Gasteiger partial charge in [-0.3, -0.25) is 9.36 Å². The lowest BCUT2D eigenvalue weighted by molar-refractivity contribution is 0.275. The van der Waals surface area contributed by atoms with E-state index in [1.807, 2.05) is 26.0 Å². The van der Waals surface area contributed by atoms with Crippen molar-refractivity contribution in [3.8, 4) is 16.2 Å². The van der Waals surface area contributed by atoms with Crippen LogP contribution in [0.4, 0.5) is 4.39 Å². The monoisotopic (exact) mass is 426 g/mol. The van der Waals surface area contributed by atoms with Crippen molar-refractivity contribution in [1.82, 2.24) is 9.55 Å². The largest absolute Gasteiger partial charge is 0.505 e. The first-order chi connectivity index (χ1) is 14.5. The molecule has 0 spiro atoms. The number of rotatable bonds is 5. The zero-order valence-electron chi connectivity index (χ0n) is 17.4. The number of aromatic hydroxyl groups is 1. The van der Waals surface area contributed by atoms with Crippen molar-refractivity contribution in [2.75, 3.05) is 0 Å². The van der Waals surface area contributed by atoms with Gasteiger partial charge < -0.3 is 5.11 Å². The molecule has 2 heterocycles. The summed E-state index contributed by atoms with van der Waals surface area (Å²) in [7, 11) is 0. The molecule has 4 rings (SSSR count). The number of nitrogens with zero attached hydrogens (tertiary/aromatic N) is 2. The molecule has 0 radical (unpaired) electrons. The summed E-state index contributed by atoms with van der Waals surface area (Å²) in [5.41, 5.74) is 1.84. The summed E-state index contributed by atoms with van der Waals surface area (Å²) in [4.78, 5) is 19.9. The van der Waals surface area contributed by atoms with Gasteiger partial charge in [-0.25, -0.2) is 9.37 Å². The highest BCUT2D eigenvalue weighted by atomic mass is 32.1. The Kier molecular flexibility index (Phi) is 6.04. The normalized spacial score (nSPS) is 16.0. The van der Waals surface area contributed by atoms with Crippen LogP contribution in [0.15, 0.2) is 41.5 Å². The van der Waals surface area contributed by atoms with Gasteiger partial charge in [0.05, 0.1) is 17.6 Å². The molecule has 1 saturated carbocycles. The van der Waals surface area contributed by atoms with Crippen LogP contribution >= 0.6 is 11.3 Å². The Morgan fingerprint density at radius 3 is 2.67 bits per heavy atom. The fourth-order valence-corrected chi connectivity index (χ4v) is 5.59. The zero-order valence-corrected chi connectivity index (χ0v) is 18.2. The van der Waals surface area contributed by atoms with E-state index >= 15 is 0 Å². The Morgan fingerprint density at radius 1 is 1.20 bits per heavy atom. The molecule has 0 amide bonds. The van der Waals surface area contributed by atoms with Gasteiger partial charge in [0.15, 0.2) is 11.6 Å². The van der Waals surface area contributed by atoms with Crippen molar-refractivity contribution < 1.29 is 9.50 Å². The van der Waals surface area contributed by atoms with E-state index in [1.54, 1.807) is 34.4 Å². The molecule has 2 aromatic heterocycles. The summed E-state index contributed by atoms with van der Waals surface area (Å²) in [5.74, 6) is -0.749. The van der Waals surface area contributed by atoms with Crippen molar-refractivity contribution in [2.45, 2.75) is 58.4 Å². The SMILES string of the molecule is Cc1ccc(-c2c(C)ncn(CC(c3cccc(F)c3O)C3CCCCC3)c2=O)s1. The Morgan fingerprint density at radius 2 is 1.97 bits per heavy atom. The van der Waals surface area contributed by atoms with Crippen molar-refractivity contribution >= 4 is 11.3 Å². The molecule has 0 saturated heterocycles. The highest BCUT2D eigenvalue weighted by Crippen LogP contribution is 2.41. The molecular weight excluding hydrogens is 399 g/mol. The molecule has 1 aromatic carbocycles. The number of benzene rings is 1. The highest BCUT2D eigenvalue weighted by molar-refractivity contribution is 7.15. The van der Waals surface area contributed by atoms with Gasteiger partial charge in [0.2, 0.25) is 0 Å². The van der Waals surface area contributed by atoms with E-state index in [9.17, 15) is 14.3 Å². The van der Waals surface area contributed by atoms with Gasteiger partial charge in [-0.2, -0.15) is 0 Å². The number of halogens is 1. The fraction of sp³-hybridized carbons (Fsp3) is 0.417. The topological polar surface area (TPSA) is 55.1 Å². The predicted molar refractivity (Wildman–Crippen MR) is 119 cm³/mol. The van der Waals surface area contributed by atoms with Crippen LogP contribution < -0.4 is 5.56 Å². The van der Waals surface area contributed by atoms with Crippen LogP contribution in [0.3, 0.4) is 0 Å². The molecule has 0 aliphatic heterocycles. The third kappa shape index (κ3) is 4.06. The maximum absolute atomic E-state index is 14.1. The average Bonchev–Trinajstić information content (AvgIpc) is 3.16. The number of para-hydroxylation sites is 1. The van der Waals surface area contributed by atoms with Gasteiger partial charge in [-0.1, -0.05) is 31.4 Å². The third-order valence-electron chi connectivity index (χ3n) is 6.24. The summed E-state index contributed by atoms with van der Waals surface area (Å²) in [6.07, 6.45) is 7.08. The molecule has 0 bridgehead atoms. The minimum absolute atomic E-state index is 0.0824. The van der Waals surface area contributed by atoms with E-state index in [1.165, 1.54) is 12.5 Å². The summed E-state index contributed by atoms with van der Waals surface area (Å²) >= 11 is 1.58. The van der Waals surface area contributed by atoms with Crippen LogP contribution in [-0.4, -0.2) is 14.7 Å². The molecule has 4 nitrogen and oxygen atoms in total. The summed E-state index contributed by atoms with van der Waals surface area (Å²) < 4.78 is 15.8. The van der Waals surface area contributed by atoms with Crippen LogP contribution in [0.5, 0.6) is 5.75 Å². The minimum Gasteiger partial charge on any atom is -0.505 e. The van der Waals surface area contributed by atoms with Crippen LogP contribution in [0.1, 0.15) is 54.2 Å². The third-order valence-corrected chi connectivity index (χ3v) is 7.26. The second-order valence-corrected chi connectivity index (χ2v) is 9.54. The lowest BCUT2D eigenvalue weighted by Crippen LogP contribution is -2.29. The van der Waals surface area contributed by atoms with Gasteiger partial charge >= 0.3 is 0 Å². The van der Waals surface area contributed by atoms with E-state index in [4.69, 9.17) is 0 Å². The first kappa shape index (κ1) is 20.8. The second kappa shape index (κ2) is 8.72. The van der Waals surface area contributed by atoms with Crippen molar-refractivity contribution in [3.63, 3.8) is 0 Å². The number of hydrogen-bond donors (Lipinski definition) is 1. The molecule has 1 fully saturated rings. The van der Waals surface area contributed by atoms with Crippen LogP contribution in [0.25, 0.3) is 10.4 Å². The number of thiophene rings is 1. The van der Waals surface area contributed by atoms with Gasteiger partial charge in [-0.15, -0.1) is 11.3 Å². The summed E-state index contributed by atoms with van der Waals surface area (Å²) in [6, 6.07) is 8.66. The van der Waals surface area contributed by atoms with Crippen LogP contribution in [-0.2, 0) is 6.54 Å². The smallest absolute Gasteiger partial charge is 0.262 e. The van der Waals surface area contributed by atoms with E-state index in [0.717, 1.165) is 35.4 Å². The van der Waals surface area contributed by atoms with E-state index in [0.29, 0.717) is 29.3 Å². The highest BCUT2D eigenvalue weighted by Gasteiger charge is 2.29. The van der Waals surface area contributed by atoms with Gasteiger partial charge in [0.25, 0.3) is 5.56 Å². The number of phenols is 1. The quantitative estimate of drug-likeness (QED) is 0.561. The Bertz CT molecular complexity index is 1100. The molecule has 1 unspecified atom stereocenters. The number of hydrogen-bond acceptors (Lipinski definition) is 4. The molecule has 158 valence electrons. The lowest BCUT2D eigenvalue weighted by atomic mass is 9.76. The van der Waals surface area contributed by atoms with E-state index < -0.39 is 5.82 Å². The maximum Gasteiger partial charge on any atom is 0.262 e. The Hall–Kier alpha value is -2.47. The molecule has 1 N–H and O–H groups in total. The first-order valence-corrected chi connectivity index (χ1v) is 11.4. The number of phenolic OH excluding ortho intramolecular Hbond substituents is 1. The minimum atomic E-state index is -0.613. The van der Waals surface area contributed by atoms with Crippen LogP contribution in [0, 0.1) is 25.6 Å². The van der Waals surface area contributed by atoms with Crippen molar-refractivity contribution in [1.29, 1.82) is 0 Å². The number of aryl methyl sites for hydroxylation is 2. The Labute approximate surface area is 180 Å². The van der Waals surface area contributed by atoms with Crippen molar-refractivity contribution in [2.24, 2.45) is 5.92 Å². The predicted octanol–water partition coefficient (Wildman–Crippen LogP) is 5.80. The van der Waals surface area contributed by atoms with E-state index in [2.05, 4.69) is 4.98 Å². The molecule has 6 heteroatoms. The standard InChI is InChI=1S/C24H27FN2O2S/c1-15-11-12-21(30-15)22-16(2)26-14-27(24(22)29)13-19(17-7-4-3-5-8-17)18-9-6-10-20(25)23(18)28/h6,9-12,14,17,19,28H,3-5,7-8,13H2,1-2H3. The van der Waals surface area contributed by atoms with E-state index in [-0.39, 0.29) is 17.2 Å². The van der Waals surface area contributed by atoms with Gasteiger partial charge in [-0.05, 0) is 50.8 Å². The molecule has 30 heavy (non-hydrogen) atoms. The zero-order chi connectivity index (χ0) is 21.3. The molecule has 3 aromatic rings. The lowest BCUT2D eigenvalue weighted by Gasteiger charge is -2.31. The second-order valence-electron chi connectivity index (χ2n) is 8.26. The van der Waals surface area contributed by atoms with Gasteiger partial charge in [0.1, 0.15) is 0 Å². The van der Waals surface area contributed by atoms with Gasteiger partial charge in [0, 0.05) is 27.8 Å². The number of aromatic nitrogens is 2. The molecule has 1 aliphatic carbocycles. The maximum atomic E-state index is 14.1. The summed E-state index contributed by atoms with van der Waals surface area (Å²) in [5, 5.41) is 10.4. The molecule has 1 atom stereocenters. The average molecular weight is 427 g/mol. The molecular formula is C24H27FN2O2S. The molecule has 1 aliphatic rings. The van der Waals surface area contributed by atoms with Crippen LogP contribution in [0.2, 0.25) is 0 Å². The summed E-state index contributed by atoms with van der Waals surface area (Å²) in [6.45, 7) is 4.25. The fourth-order valence-electron chi connectivity index (χ4n) is 4.64. The van der Waals surface area contributed by atoms with Crippen molar-refractivity contribution in [3.05, 3.63) is 69.0 Å². The Balaban J connectivity index is 1.76. The first-order valence-electron chi connectivity index (χ1n) is 10.6.